The number of carbonyl (C=O) groups excluding carboxylic acids is 1. The largest absolute Gasteiger partial charge is 0.383 e. The highest BCUT2D eigenvalue weighted by atomic mass is 16.3. The molecule has 1 N–H and O–H groups in total. The zero-order valence-electron chi connectivity index (χ0n) is 11.2. The summed E-state index contributed by atoms with van der Waals surface area (Å²) in [5.41, 5.74) is 0.973. The van der Waals surface area contributed by atoms with Crippen molar-refractivity contribution in [3.05, 3.63) is 35.9 Å². The lowest BCUT2D eigenvalue weighted by Gasteiger charge is -2.34. The summed E-state index contributed by atoms with van der Waals surface area (Å²) in [6.07, 6.45) is 4.72. The number of likely N-dealkylation sites (tertiary alicyclic amines) is 1. The summed E-state index contributed by atoms with van der Waals surface area (Å²) < 4.78 is 0. The van der Waals surface area contributed by atoms with Gasteiger partial charge < -0.3 is 10.0 Å². The van der Waals surface area contributed by atoms with Gasteiger partial charge in [-0.05, 0) is 18.4 Å². The van der Waals surface area contributed by atoms with Crippen LogP contribution >= 0.6 is 0 Å². The van der Waals surface area contributed by atoms with Crippen LogP contribution in [0.4, 0.5) is 0 Å². The number of rotatable bonds is 2. The van der Waals surface area contributed by atoms with E-state index in [9.17, 15) is 9.90 Å². The molecule has 1 aliphatic heterocycles. The van der Waals surface area contributed by atoms with E-state index in [1.807, 2.05) is 35.2 Å². The third-order valence-electron chi connectivity index (χ3n) is 4.70. The Morgan fingerprint density at radius 1 is 1.16 bits per heavy atom. The third-order valence-corrected chi connectivity index (χ3v) is 4.70. The van der Waals surface area contributed by atoms with Crippen LogP contribution in [0.2, 0.25) is 0 Å². The zero-order chi connectivity index (χ0) is 13.3. The monoisotopic (exact) mass is 259 g/mol. The van der Waals surface area contributed by atoms with Gasteiger partial charge in [-0.15, -0.1) is 0 Å². The van der Waals surface area contributed by atoms with Crippen molar-refractivity contribution in [1.29, 1.82) is 0 Å². The summed E-state index contributed by atoms with van der Waals surface area (Å²) in [4.78, 5) is 14.1. The zero-order valence-corrected chi connectivity index (χ0v) is 11.2. The molecular weight excluding hydrogens is 238 g/mol. The highest BCUT2D eigenvalue weighted by Crippen LogP contribution is 2.44. The molecule has 0 unspecified atom stereocenters. The number of benzene rings is 1. The number of amides is 1. The Kier molecular flexibility index (Phi) is 3.31. The maximum atomic E-state index is 12.3. The topological polar surface area (TPSA) is 40.5 Å². The minimum Gasteiger partial charge on any atom is -0.383 e. The fraction of sp³-hybridized carbons (Fsp3) is 0.562. The Morgan fingerprint density at radius 3 is 2.53 bits per heavy atom. The summed E-state index contributed by atoms with van der Waals surface area (Å²) in [5, 5.41) is 10.3. The Balaban J connectivity index is 1.75. The van der Waals surface area contributed by atoms with Crippen molar-refractivity contribution in [2.45, 2.75) is 44.8 Å². The van der Waals surface area contributed by atoms with Crippen LogP contribution in [0.1, 0.15) is 37.7 Å². The summed E-state index contributed by atoms with van der Waals surface area (Å²) >= 11 is 0. The lowest BCUT2D eigenvalue weighted by atomic mass is 9.72. The van der Waals surface area contributed by atoms with Crippen LogP contribution in [-0.2, 0) is 11.3 Å². The Bertz CT molecular complexity index is 451. The molecule has 3 nitrogen and oxygen atoms in total. The molecule has 0 bridgehead atoms. The van der Waals surface area contributed by atoms with Crippen LogP contribution in [0.25, 0.3) is 0 Å². The van der Waals surface area contributed by atoms with Gasteiger partial charge in [0.2, 0.25) is 0 Å². The number of aliphatic hydroxyl groups excluding tert-OH is 1. The van der Waals surface area contributed by atoms with Gasteiger partial charge in [0.1, 0.15) is 6.10 Å². The highest BCUT2D eigenvalue weighted by molar-refractivity contribution is 5.84. The first-order valence-corrected chi connectivity index (χ1v) is 7.22. The van der Waals surface area contributed by atoms with Gasteiger partial charge in [0.05, 0.1) is 0 Å². The standard InChI is InChI=1S/C16H21NO2/c18-14-15(19)17(11-13-7-3-1-4-8-13)12-16(14)9-5-2-6-10-16/h1,3-4,7-8,14,18H,2,5-6,9-12H2/t14-/m1/s1. The Labute approximate surface area is 114 Å². The fourth-order valence-corrected chi connectivity index (χ4v) is 3.60. The first-order valence-electron chi connectivity index (χ1n) is 7.22. The normalized spacial score (nSPS) is 26.1. The van der Waals surface area contributed by atoms with Crippen molar-refractivity contribution in [1.82, 2.24) is 4.90 Å². The predicted molar refractivity (Wildman–Crippen MR) is 73.4 cm³/mol. The quantitative estimate of drug-likeness (QED) is 0.885. The van der Waals surface area contributed by atoms with Gasteiger partial charge in [0.25, 0.3) is 5.91 Å². The number of hydrogen-bond donors (Lipinski definition) is 1. The van der Waals surface area contributed by atoms with Crippen molar-refractivity contribution >= 4 is 5.91 Å². The van der Waals surface area contributed by atoms with Crippen molar-refractivity contribution in [3.8, 4) is 0 Å². The summed E-state index contributed by atoms with van der Waals surface area (Å²) in [6.45, 7) is 1.35. The molecule has 2 aliphatic rings. The summed E-state index contributed by atoms with van der Waals surface area (Å²) in [6, 6.07) is 10.0. The lowest BCUT2D eigenvalue weighted by Crippen LogP contribution is -2.37. The molecule has 1 aliphatic carbocycles. The van der Waals surface area contributed by atoms with E-state index in [4.69, 9.17) is 0 Å². The number of hydrogen-bond acceptors (Lipinski definition) is 2. The van der Waals surface area contributed by atoms with E-state index in [-0.39, 0.29) is 11.3 Å². The molecule has 1 heterocycles. The lowest BCUT2D eigenvalue weighted by molar-refractivity contribution is -0.137. The van der Waals surface area contributed by atoms with E-state index in [2.05, 4.69) is 0 Å². The first kappa shape index (κ1) is 12.7. The molecule has 1 atom stereocenters. The van der Waals surface area contributed by atoms with E-state index in [0.717, 1.165) is 37.8 Å². The second-order valence-electron chi connectivity index (χ2n) is 6.01. The molecule has 102 valence electrons. The molecule has 1 aromatic rings. The number of nitrogens with zero attached hydrogens (tertiary/aromatic N) is 1. The minimum absolute atomic E-state index is 0.0780. The van der Waals surface area contributed by atoms with Crippen molar-refractivity contribution < 1.29 is 9.90 Å². The van der Waals surface area contributed by atoms with E-state index in [1.54, 1.807) is 0 Å². The van der Waals surface area contributed by atoms with Gasteiger partial charge in [0, 0.05) is 18.5 Å². The molecule has 3 rings (SSSR count). The average molecular weight is 259 g/mol. The van der Waals surface area contributed by atoms with Crippen LogP contribution in [-0.4, -0.2) is 28.6 Å². The van der Waals surface area contributed by atoms with E-state index < -0.39 is 6.10 Å². The van der Waals surface area contributed by atoms with Crippen LogP contribution in [0, 0.1) is 5.41 Å². The molecule has 1 saturated heterocycles. The molecule has 1 aromatic carbocycles. The minimum atomic E-state index is -0.781. The maximum absolute atomic E-state index is 12.3. The van der Waals surface area contributed by atoms with Crippen LogP contribution < -0.4 is 0 Å². The molecule has 1 spiro atoms. The van der Waals surface area contributed by atoms with Gasteiger partial charge in [-0.25, -0.2) is 0 Å². The maximum Gasteiger partial charge on any atom is 0.252 e. The molecule has 3 heteroatoms. The van der Waals surface area contributed by atoms with Crippen molar-refractivity contribution in [3.63, 3.8) is 0 Å². The SMILES string of the molecule is O=C1[C@@H](O)C2(CCCCC2)CN1Cc1ccccc1. The molecule has 0 radical (unpaired) electrons. The summed E-state index contributed by atoms with van der Waals surface area (Å²) in [7, 11) is 0. The van der Waals surface area contributed by atoms with E-state index in [1.165, 1.54) is 6.42 Å². The third kappa shape index (κ3) is 2.27. The van der Waals surface area contributed by atoms with Gasteiger partial charge in [-0.1, -0.05) is 49.6 Å². The number of aliphatic hydroxyl groups is 1. The molecule has 1 amide bonds. The van der Waals surface area contributed by atoms with Gasteiger partial charge in [0.15, 0.2) is 0 Å². The van der Waals surface area contributed by atoms with E-state index in [0.29, 0.717) is 6.54 Å². The van der Waals surface area contributed by atoms with E-state index >= 15 is 0 Å². The van der Waals surface area contributed by atoms with Crippen LogP contribution in [0.5, 0.6) is 0 Å². The Morgan fingerprint density at radius 2 is 1.84 bits per heavy atom. The Hall–Kier alpha value is -1.35. The van der Waals surface area contributed by atoms with Crippen molar-refractivity contribution in [2.75, 3.05) is 6.54 Å². The second kappa shape index (κ2) is 4.97. The van der Waals surface area contributed by atoms with Crippen molar-refractivity contribution in [2.24, 2.45) is 5.41 Å². The molecule has 0 aromatic heterocycles. The van der Waals surface area contributed by atoms with Crippen LogP contribution in [0.3, 0.4) is 0 Å². The molecule has 2 fully saturated rings. The fourth-order valence-electron chi connectivity index (χ4n) is 3.60. The van der Waals surface area contributed by atoms with Crippen LogP contribution in [0.15, 0.2) is 30.3 Å². The number of carbonyl (C=O) groups is 1. The molecule has 1 saturated carbocycles. The average Bonchev–Trinajstić information content (AvgIpc) is 2.67. The smallest absolute Gasteiger partial charge is 0.252 e. The molecular formula is C16H21NO2. The first-order chi connectivity index (χ1) is 9.21. The van der Waals surface area contributed by atoms with Gasteiger partial charge in [-0.3, -0.25) is 4.79 Å². The van der Waals surface area contributed by atoms with Gasteiger partial charge in [-0.2, -0.15) is 0 Å². The second-order valence-corrected chi connectivity index (χ2v) is 6.01. The predicted octanol–water partition coefficient (Wildman–Crippen LogP) is 2.34. The van der Waals surface area contributed by atoms with Gasteiger partial charge >= 0.3 is 0 Å². The highest BCUT2D eigenvalue weighted by Gasteiger charge is 2.51. The molecule has 19 heavy (non-hydrogen) atoms. The summed E-state index contributed by atoms with van der Waals surface area (Å²) in [5.74, 6) is -0.0780.